The van der Waals surface area contributed by atoms with E-state index >= 15 is 0 Å². The third-order valence-corrected chi connectivity index (χ3v) is 3.20. The van der Waals surface area contributed by atoms with E-state index in [1.165, 1.54) is 6.42 Å². The monoisotopic (exact) mass is 220 g/mol. The van der Waals surface area contributed by atoms with E-state index in [1.807, 2.05) is 11.9 Å². The largest absolute Gasteiger partial charge is 0.316 e. The van der Waals surface area contributed by atoms with Gasteiger partial charge < -0.3 is 5.32 Å². The van der Waals surface area contributed by atoms with Crippen LogP contribution >= 0.6 is 0 Å². The maximum absolute atomic E-state index is 12.2. The van der Waals surface area contributed by atoms with Crippen molar-refractivity contribution in [2.24, 2.45) is 5.92 Å². The maximum atomic E-state index is 12.2. The number of hydrogen-bond donors (Lipinski definition) is 1. The van der Waals surface area contributed by atoms with Gasteiger partial charge in [0.15, 0.2) is 0 Å². The van der Waals surface area contributed by atoms with Crippen LogP contribution in [0.15, 0.2) is 0 Å². The van der Waals surface area contributed by atoms with E-state index in [0.717, 1.165) is 25.9 Å². The SMILES string of the molecule is CCCNCC1CCC1N(C)CC(F)F. The third kappa shape index (κ3) is 4.03. The van der Waals surface area contributed by atoms with E-state index in [1.54, 1.807) is 0 Å². The first-order chi connectivity index (χ1) is 7.15. The minimum Gasteiger partial charge on any atom is -0.316 e. The van der Waals surface area contributed by atoms with Crippen molar-refractivity contribution in [3.63, 3.8) is 0 Å². The van der Waals surface area contributed by atoms with Gasteiger partial charge in [-0.25, -0.2) is 8.78 Å². The Morgan fingerprint density at radius 1 is 1.40 bits per heavy atom. The van der Waals surface area contributed by atoms with Crippen LogP contribution < -0.4 is 5.32 Å². The minimum atomic E-state index is -2.21. The van der Waals surface area contributed by atoms with Crippen molar-refractivity contribution >= 4 is 0 Å². The molecule has 1 aliphatic carbocycles. The summed E-state index contributed by atoms with van der Waals surface area (Å²) in [4.78, 5) is 1.81. The van der Waals surface area contributed by atoms with Crippen LogP contribution in [-0.2, 0) is 0 Å². The first-order valence-corrected chi connectivity index (χ1v) is 5.84. The van der Waals surface area contributed by atoms with Gasteiger partial charge in [0.1, 0.15) is 0 Å². The van der Waals surface area contributed by atoms with Crippen LogP contribution in [0.3, 0.4) is 0 Å². The Balaban J connectivity index is 2.18. The summed E-state index contributed by atoms with van der Waals surface area (Å²) in [5.41, 5.74) is 0. The van der Waals surface area contributed by atoms with Crippen molar-refractivity contribution in [2.45, 2.75) is 38.7 Å². The van der Waals surface area contributed by atoms with Gasteiger partial charge in [0.25, 0.3) is 6.43 Å². The van der Waals surface area contributed by atoms with Crippen LogP contribution in [0.25, 0.3) is 0 Å². The molecule has 2 atom stereocenters. The normalized spacial score (nSPS) is 26.0. The van der Waals surface area contributed by atoms with Crippen molar-refractivity contribution in [1.29, 1.82) is 0 Å². The highest BCUT2D eigenvalue weighted by molar-refractivity contribution is 4.89. The maximum Gasteiger partial charge on any atom is 0.251 e. The summed E-state index contributed by atoms with van der Waals surface area (Å²) < 4.78 is 24.4. The van der Waals surface area contributed by atoms with Gasteiger partial charge in [0.2, 0.25) is 0 Å². The molecule has 2 nitrogen and oxygen atoms in total. The zero-order valence-electron chi connectivity index (χ0n) is 9.68. The zero-order chi connectivity index (χ0) is 11.3. The molecule has 0 aromatic rings. The molecule has 0 heterocycles. The second-order valence-electron chi connectivity index (χ2n) is 4.44. The lowest BCUT2D eigenvalue weighted by atomic mass is 9.78. The molecule has 1 fully saturated rings. The molecule has 0 amide bonds. The van der Waals surface area contributed by atoms with Crippen LogP contribution in [0.4, 0.5) is 8.78 Å². The van der Waals surface area contributed by atoms with Crippen LogP contribution in [0.5, 0.6) is 0 Å². The van der Waals surface area contributed by atoms with Crippen molar-refractivity contribution in [1.82, 2.24) is 10.2 Å². The number of rotatable bonds is 7. The molecule has 1 rings (SSSR count). The number of halogens is 2. The first-order valence-electron chi connectivity index (χ1n) is 5.84. The van der Waals surface area contributed by atoms with Crippen LogP contribution in [0.2, 0.25) is 0 Å². The quantitative estimate of drug-likeness (QED) is 0.660. The fourth-order valence-corrected chi connectivity index (χ4v) is 2.19. The summed E-state index contributed by atoms with van der Waals surface area (Å²) in [5, 5.41) is 3.36. The molecule has 4 heteroatoms. The smallest absolute Gasteiger partial charge is 0.251 e. The molecule has 0 saturated heterocycles. The Morgan fingerprint density at radius 2 is 2.13 bits per heavy atom. The molecule has 0 radical (unpaired) electrons. The van der Waals surface area contributed by atoms with Gasteiger partial charge in [-0.1, -0.05) is 6.92 Å². The van der Waals surface area contributed by atoms with E-state index in [2.05, 4.69) is 12.2 Å². The summed E-state index contributed by atoms with van der Waals surface area (Å²) in [6, 6.07) is 0.364. The Labute approximate surface area is 91.0 Å². The van der Waals surface area contributed by atoms with Gasteiger partial charge in [0, 0.05) is 6.04 Å². The van der Waals surface area contributed by atoms with Gasteiger partial charge in [-0.3, -0.25) is 4.90 Å². The lowest BCUT2D eigenvalue weighted by Gasteiger charge is -2.42. The highest BCUT2D eigenvalue weighted by Crippen LogP contribution is 2.31. The topological polar surface area (TPSA) is 15.3 Å². The fourth-order valence-electron chi connectivity index (χ4n) is 2.19. The summed E-state index contributed by atoms with van der Waals surface area (Å²) in [6.45, 7) is 4.05. The van der Waals surface area contributed by atoms with Crippen LogP contribution in [0, 0.1) is 5.92 Å². The van der Waals surface area contributed by atoms with Crippen molar-refractivity contribution < 1.29 is 8.78 Å². The standard InChI is InChI=1S/C11H22F2N2/c1-3-6-14-7-9-4-5-10(9)15(2)8-11(12)13/h9-11,14H,3-8H2,1-2H3. The highest BCUT2D eigenvalue weighted by Gasteiger charge is 2.34. The van der Waals surface area contributed by atoms with Crippen LogP contribution in [0.1, 0.15) is 26.2 Å². The molecule has 0 spiro atoms. The minimum absolute atomic E-state index is 0.0883. The van der Waals surface area contributed by atoms with Crippen molar-refractivity contribution in [3.8, 4) is 0 Å². The molecule has 0 aromatic carbocycles. The third-order valence-electron chi connectivity index (χ3n) is 3.20. The molecule has 2 unspecified atom stereocenters. The molecule has 1 aliphatic rings. The number of nitrogens with zero attached hydrogens (tertiary/aromatic N) is 1. The molecule has 0 bridgehead atoms. The number of alkyl halides is 2. The average Bonchev–Trinajstić information content (AvgIpc) is 2.08. The average molecular weight is 220 g/mol. The number of hydrogen-bond acceptors (Lipinski definition) is 2. The Morgan fingerprint density at radius 3 is 2.60 bits per heavy atom. The van der Waals surface area contributed by atoms with E-state index in [9.17, 15) is 8.78 Å². The molecule has 15 heavy (non-hydrogen) atoms. The molecular formula is C11H22F2N2. The summed E-state index contributed by atoms with van der Waals surface area (Å²) in [6.07, 6.45) is 1.17. The van der Waals surface area contributed by atoms with E-state index in [-0.39, 0.29) is 6.54 Å². The lowest BCUT2D eigenvalue weighted by Crippen LogP contribution is -2.50. The summed E-state index contributed by atoms with van der Waals surface area (Å²) >= 11 is 0. The number of nitrogens with one attached hydrogen (secondary N) is 1. The molecule has 0 aliphatic heterocycles. The van der Waals surface area contributed by atoms with E-state index in [0.29, 0.717) is 12.0 Å². The van der Waals surface area contributed by atoms with Gasteiger partial charge in [0.05, 0.1) is 6.54 Å². The summed E-state index contributed by atoms with van der Waals surface area (Å²) in [7, 11) is 1.81. The second kappa shape index (κ2) is 6.38. The predicted octanol–water partition coefficient (Wildman–Crippen LogP) is 1.96. The molecule has 90 valence electrons. The van der Waals surface area contributed by atoms with E-state index < -0.39 is 6.43 Å². The predicted molar refractivity (Wildman–Crippen MR) is 58.3 cm³/mol. The summed E-state index contributed by atoms with van der Waals surface area (Å²) in [5.74, 6) is 0.570. The molecule has 1 N–H and O–H groups in total. The van der Waals surface area contributed by atoms with Crippen LogP contribution in [-0.4, -0.2) is 44.0 Å². The Bertz CT molecular complexity index is 176. The molecule has 1 saturated carbocycles. The van der Waals surface area contributed by atoms with Crippen molar-refractivity contribution in [2.75, 3.05) is 26.7 Å². The van der Waals surface area contributed by atoms with Gasteiger partial charge >= 0.3 is 0 Å². The molecule has 0 aromatic heterocycles. The second-order valence-corrected chi connectivity index (χ2v) is 4.44. The van der Waals surface area contributed by atoms with Gasteiger partial charge in [-0.15, -0.1) is 0 Å². The zero-order valence-corrected chi connectivity index (χ0v) is 9.68. The van der Waals surface area contributed by atoms with Gasteiger partial charge in [-0.2, -0.15) is 0 Å². The fraction of sp³-hybridized carbons (Fsp3) is 1.00. The Hall–Kier alpha value is -0.220. The van der Waals surface area contributed by atoms with Gasteiger partial charge in [-0.05, 0) is 45.3 Å². The lowest BCUT2D eigenvalue weighted by molar-refractivity contribution is 0.0275. The molecular weight excluding hydrogens is 198 g/mol. The highest BCUT2D eigenvalue weighted by atomic mass is 19.3. The van der Waals surface area contributed by atoms with Crippen molar-refractivity contribution in [3.05, 3.63) is 0 Å². The first kappa shape index (κ1) is 12.8. The van der Waals surface area contributed by atoms with E-state index in [4.69, 9.17) is 0 Å². The Kier molecular flexibility index (Phi) is 5.47.